The van der Waals surface area contributed by atoms with Gasteiger partial charge in [0.05, 0.1) is 19.6 Å². The molecule has 1 N–H and O–H groups in total. The average Bonchev–Trinajstić information content (AvgIpc) is 2.75. The van der Waals surface area contributed by atoms with Gasteiger partial charge in [-0.25, -0.2) is 0 Å². The van der Waals surface area contributed by atoms with E-state index in [1.807, 2.05) is 62.4 Å². The highest BCUT2D eigenvalue weighted by atomic mass is 16.5. The number of hydrogen-bond acceptors (Lipinski definition) is 3. The Morgan fingerprint density at radius 2 is 1.38 bits per heavy atom. The van der Waals surface area contributed by atoms with E-state index in [1.165, 1.54) is 5.56 Å². The molecule has 0 bridgehead atoms. The monoisotopic (exact) mass is 389 g/mol. The van der Waals surface area contributed by atoms with Crippen LogP contribution < -0.4 is 14.8 Å². The van der Waals surface area contributed by atoms with Crippen LogP contribution in [0.1, 0.15) is 25.0 Å². The largest absolute Gasteiger partial charge is 0.490 e. The van der Waals surface area contributed by atoms with Gasteiger partial charge in [0.2, 0.25) is 5.91 Å². The first-order valence-electron chi connectivity index (χ1n) is 9.99. The third kappa shape index (κ3) is 5.85. The third-order valence-electron chi connectivity index (χ3n) is 4.52. The summed E-state index contributed by atoms with van der Waals surface area (Å²) in [7, 11) is 0. The molecule has 0 saturated carbocycles. The molecule has 0 atom stereocenters. The minimum Gasteiger partial charge on any atom is -0.490 e. The van der Waals surface area contributed by atoms with Crippen molar-refractivity contribution in [2.75, 3.05) is 13.2 Å². The van der Waals surface area contributed by atoms with Crippen molar-refractivity contribution in [3.05, 3.63) is 83.9 Å². The molecule has 0 aliphatic carbocycles. The molecule has 0 aliphatic rings. The van der Waals surface area contributed by atoms with Crippen LogP contribution in [0.4, 0.5) is 0 Å². The summed E-state index contributed by atoms with van der Waals surface area (Å²) in [5.41, 5.74) is 4.28. The van der Waals surface area contributed by atoms with E-state index < -0.39 is 0 Å². The quantitative estimate of drug-likeness (QED) is 0.560. The van der Waals surface area contributed by atoms with Gasteiger partial charge in [-0.3, -0.25) is 4.79 Å². The van der Waals surface area contributed by atoms with Gasteiger partial charge in [0.25, 0.3) is 0 Å². The Labute approximate surface area is 172 Å². The van der Waals surface area contributed by atoms with Crippen molar-refractivity contribution in [1.82, 2.24) is 5.32 Å². The molecule has 3 aromatic carbocycles. The molecule has 0 unspecified atom stereocenters. The highest BCUT2D eigenvalue weighted by Crippen LogP contribution is 2.28. The fourth-order valence-corrected chi connectivity index (χ4v) is 3.10. The van der Waals surface area contributed by atoms with Crippen molar-refractivity contribution < 1.29 is 14.3 Å². The lowest BCUT2D eigenvalue weighted by atomic mass is 10.0. The standard InChI is InChI=1S/C25H27NO3/c1-3-28-23-15-12-20(16-24(23)29-4-2)18-26-25(27)17-19-10-13-22(14-11-19)21-8-6-5-7-9-21/h5-16H,3-4,17-18H2,1-2H3,(H,26,27). The summed E-state index contributed by atoms with van der Waals surface area (Å²) in [6, 6.07) is 24.1. The van der Waals surface area contributed by atoms with E-state index in [1.54, 1.807) is 0 Å². The van der Waals surface area contributed by atoms with Crippen LogP contribution in [0, 0.1) is 0 Å². The molecule has 3 aromatic rings. The number of carbonyl (C=O) groups excluding carboxylic acids is 1. The SMILES string of the molecule is CCOc1ccc(CNC(=O)Cc2ccc(-c3ccccc3)cc2)cc1OCC. The van der Waals surface area contributed by atoms with Gasteiger partial charge in [0.1, 0.15) is 0 Å². The lowest BCUT2D eigenvalue weighted by molar-refractivity contribution is -0.120. The number of rotatable bonds is 9. The molecule has 0 spiro atoms. The topological polar surface area (TPSA) is 47.6 Å². The molecule has 0 heterocycles. The average molecular weight is 389 g/mol. The van der Waals surface area contributed by atoms with Crippen molar-refractivity contribution in [2.45, 2.75) is 26.8 Å². The van der Waals surface area contributed by atoms with E-state index in [0.29, 0.717) is 31.9 Å². The van der Waals surface area contributed by atoms with Gasteiger partial charge < -0.3 is 14.8 Å². The summed E-state index contributed by atoms with van der Waals surface area (Å²) in [5.74, 6) is 1.42. The molecule has 0 radical (unpaired) electrons. The van der Waals surface area contributed by atoms with E-state index in [9.17, 15) is 4.79 Å². The Kier molecular flexibility index (Phi) is 7.28. The zero-order valence-corrected chi connectivity index (χ0v) is 17.0. The highest BCUT2D eigenvalue weighted by molar-refractivity contribution is 5.79. The van der Waals surface area contributed by atoms with Gasteiger partial charge in [0.15, 0.2) is 11.5 Å². The summed E-state index contributed by atoms with van der Waals surface area (Å²) in [5, 5.41) is 2.98. The number of nitrogens with one attached hydrogen (secondary N) is 1. The molecule has 4 nitrogen and oxygen atoms in total. The van der Waals surface area contributed by atoms with Gasteiger partial charge in [-0.15, -0.1) is 0 Å². The van der Waals surface area contributed by atoms with Crippen LogP contribution in [0.15, 0.2) is 72.8 Å². The number of carbonyl (C=O) groups is 1. The lowest BCUT2D eigenvalue weighted by Crippen LogP contribution is -2.24. The maximum Gasteiger partial charge on any atom is 0.224 e. The van der Waals surface area contributed by atoms with E-state index in [0.717, 1.165) is 22.4 Å². The first-order valence-corrected chi connectivity index (χ1v) is 9.99. The number of amides is 1. The van der Waals surface area contributed by atoms with Crippen LogP contribution in [0.25, 0.3) is 11.1 Å². The predicted molar refractivity (Wildman–Crippen MR) is 116 cm³/mol. The Bertz CT molecular complexity index is 921. The predicted octanol–water partition coefficient (Wildman–Crippen LogP) is 5.01. The summed E-state index contributed by atoms with van der Waals surface area (Å²) in [6.07, 6.45) is 0.352. The molecule has 1 amide bonds. The molecule has 150 valence electrons. The third-order valence-corrected chi connectivity index (χ3v) is 4.52. The van der Waals surface area contributed by atoms with E-state index in [4.69, 9.17) is 9.47 Å². The van der Waals surface area contributed by atoms with Crippen LogP contribution in [-0.2, 0) is 17.8 Å². The molecule has 0 saturated heterocycles. The number of hydrogen-bond donors (Lipinski definition) is 1. The van der Waals surface area contributed by atoms with Crippen LogP contribution in [0.2, 0.25) is 0 Å². The molecule has 4 heteroatoms. The first kappa shape index (κ1) is 20.5. The summed E-state index contributed by atoms with van der Waals surface area (Å²) in [6.45, 7) is 5.48. The smallest absolute Gasteiger partial charge is 0.224 e. The van der Waals surface area contributed by atoms with Crippen molar-refractivity contribution in [2.24, 2.45) is 0 Å². The molecule has 0 aliphatic heterocycles. The normalized spacial score (nSPS) is 10.4. The maximum atomic E-state index is 12.4. The van der Waals surface area contributed by atoms with Crippen LogP contribution in [0.5, 0.6) is 11.5 Å². The minimum atomic E-state index is -0.00990. The Hall–Kier alpha value is -3.27. The van der Waals surface area contributed by atoms with Gasteiger partial charge in [-0.05, 0) is 48.2 Å². The minimum absolute atomic E-state index is 0.00990. The van der Waals surface area contributed by atoms with Gasteiger partial charge in [0, 0.05) is 6.54 Å². The molecule has 3 rings (SSSR count). The Morgan fingerprint density at radius 3 is 2.07 bits per heavy atom. The second-order valence-corrected chi connectivity index (χ2v) is 6.66. The fraction of sp³-hybridized carbons (Fsp3) is 0.240. The first-order chi connectivity index (χ1) is 14.2. The van der Waals surface area contributed by atoms with Crippen molar-refractivity contribution >= 4 is 5.91 Å². The maximum absolute atomic E-state index is 12.4. The molecule has 0 fully saturated rings. The van der Waals surface area contributed by atoms with Crippen molar-refractivity contribution in [3.63, 3.8) is 0 Å². The molecule has 0 aromatic heterocycles. The van der Waals surface area contributed by atoms with Gasteiger partial charge >= 0.3 is 0 Å². The van der Waals surface area contributed by atoms with Gasteiger partial charge in [-0.2, -0.15) is 0 Å². The summed E-state index contributed by atoms with van der Waals surface area (Å²) >= 11 is 0. The van der Waals surface area contributed by atoms with Crippen molar-refractivity contribution in [3.8, 4) is 22.6 Å². The number of benzene rings is 3. The Balaban J connectivity index is 1.56. The summed E-state index contributed by atoms with van der Waals surface area (Å²) in [4.78, 5) is 12.4. The van der Waals surface area contributed by atoms with E-state index >= 15 is 0 Å². The van der Waals surface area contributed by atoms with Crippen LogP contribution in [-0.4, -0.2) is 19.1 Å². The van der Waals surface area contributed by atoms with Crippen LogP contribution in [0.3, 0.4) is 0 Å². The lowest BCUT2D eigenvalue weighted by Gasteiger charge is -2.13. The van der Waals surface area contributed by atoms with Gasteiger partial charge in [-0.1, -0.05) is 60.7 Å². The van der Waals surface area contributed by atoms with E-state index in [-0.39, 0.29) is 5.91 Å². The zero-order valence-electron chi connectivity index (χ0n) is 17.0. The fourth-order valence-electron chi connectivity index (χ4n) is 3.10. The molecular weight excluding hydrogens is 362 g/mol. The van der Waals surface area contributed by atoms with Crippen molar-refractivity contribution in [1.29, 1.82) is 0 Å². The second-order valence-electron chi connectivity index (χ2n) is 6.66. The van der Waals surface area contributed by atoms with E-state index in [2.05, 4.69) is 29.6 Å². The number of ether oxygens (including phenoxy) is 2. The molecule has 29 heavy (non-hydrogen) atoms. The highest BCUT2D eigenvalue weighted by Gasteiger charge is 2.08. The van der Waals surface area contributed by atoms with Crippen LogP contribution >= 0.6 is 0 Å². The second kappa shape index (κ2) is 10.3. The Morgan fingerprint density at radius 1 is 0.759 bits per heavy atom. The molecular formula is C25H27NO3. The summed E-state index contributed by atoms with van der Waals surface area (Å²) < 4.78 is 11.2. The zero-order chi connectivity index (χ0) is 20.5.